The van der Waals surface area contributed by atoms with Crippen molar-refractivity contribution < 1.29 is 0 Å². The Morgan fingerprint density at radius 3 is 2.69 bits per heavy atom. The van der Waals surface area contributed by atoms with Crippen molar-refractivity contribution in [1.82, 2.24) is 0 Å². The molecule has 0 aromatic heterocycles. The number of hydrogen-bond acceptors (Lipinski definition) is 0. The van der Waals surface area contributed by atoms with Crippen molar-refractivity contribution in [3.63, 3.8) is 0 Å². The quantitative estimate of drug-likeness (QED) is 0.592. The molecule has 0 amide bonds. The highest BCUT2D eigenvalue weighted by atomic mass is 14.0. The van der Waals surface area contributed by atoms with Crippen LogP contribution in [0.2, 0.25) is 0 Å². The van der Waals surface area contributed by atoms with E-state index in [4.69, 9.17) is 0 Å². The molecule has 0 heteroatoms. The predicted molar refractivity (Wildman–Crippen MR) is 57.3 cm³/mol. The van der Waals surface area contributed by atoms with Crippen molar-refractivity contribution >= 4 is 0 Å². The Morgan fingerprint density at radius 1 is 1.15 bits per heavy atom. The van der Waals surface area contributed by atoms with E-state index in [-0.39, 0.29) is 0 Å². The molecular weight excluding hydrogens is 156 g/mol. The van der Waals surface area contributed by atoms with Crippen LogP contribution in [-0.4, -0.2) is 0 Å². The Bertz CT molecular complexity index is 371. The van der Waals surface area contributed by atoms with Crippen LogP contribution in [0, 0.1) is 0 Å². The zero-order valence-corrected chi connectivity index (χ0v) is 7.53. The molecule has 0 heterocycles. The lowest BCUT2D eigenvalue weighted by Crippen LogP contribution is -1.76. The fourth-order valence-corrected chi connectivity index (χ4v) is 1.42. The van der Waals surface area contributed by atoms with E-state index < -0.39 is 0 Å². The highest BCUT2D eigenvalue weighted by Crippen LogP contribution is 2.19. The SMILES string of the molecule is C=C1C=CC=C1C=CC1=CC=CC1. The van der Waals surface area contributed by atoms with Crippen LogP contribution in [0.4, 0.5) is 0 Å². The molecule has 0 saturated carbocycles. The first kappa shape index (κ1) is 8.06. The van der Waals surface area contributed by atoms with Crippen molar-refractivity contribution in [2.75, 3.05) is 0 Å². The molecule has 0 bridgehead atoms. The summed E-state index contributed by atoms with van der Waals surface area (Å²) in [7, 11) is 0. The first-order chi connectivity index (χ1) is 6.36. The summed E-state index contributed by atoms with van der Waals surface area (Å²) in [4.78, 5) is 0. The topological polar surface area (TPSA) is 0 Å². The molecule has 0 fully saturated rings. The zero-order chi connectivity index (χ0) is 9.10. The summed E-state index contributed by atoms with van der Waals surface area (Å²) in [6.45, 7) is 3.94. The fourth-order valence-electron chi connectivity index (χ4n) is 1.42. The predicted octanol–water partition coefficient (Wildman–Crippen LogP) is 3.48. The highest BCUT2D eigenvalue weighted by molar-refractivity contribution is 5.53. The minimum atomic E-state index is 1.06. The van der Waals surface area contributed by atoms with Crippen molar-refractivity contribution in [2.24, 2.45) is 0 Å². The molecule has 0 aromatic rings. The van der Waals surface area contributed by atoms with E-state index >= 15 is 0 Å². The van der Waals surface area contributed by atoms with Gasteiger partial charge in [-0.25, -0.2) is 0 Å². The summed E-state index contributed by atoms with van der Waals surface area (Å²) in [6, 6.07) is 0. The van der Waals surface area contributed by atoms with Crippen molar-refractivity contribution in [3.8, 4) is 0 Å². The molecule has 0 unspecified atom stereocenters. The van der Waals surface area contributed by atoms with Crippen LogP contribution in [-0.2, 0) is 0 Å². The maximum atomic E-state index is 3.94. The van der Waals surface area contributed by atoms with Gasteiger partial charge < -0.3 is 0 Å². The summed E-state index contributed by atoms with van der Waals surface area (Å²) < 4.78 is 0. The summed E-state index contributed by atoms with van der Waals surface area (Å²) in [6.07, 6.45) is 17.9. The molecule has 2 aliphatic carbocycles. The maximum absolute atomic E-state index is 3.94. The molecule has 0 aromatic carbocycles. The molecule has 0 N–H and O–H groups in total. The van der Waals surface area contributed by atoms with Gasteiger partial charge in [0.25, 0.3) is 0 Å². The Labute approximate surface area is 79.0 Å². The van der Waals surface area contributed by atoms with Crippen LogP contribution in [0.25, 0.3) is 0 Å². The van der Waals surface area contributed by atoms with Crippen LogP contribution in [0.1, 0.15) is 6.42 Å². The summed E-state index contributed by atoms with van der Waals surface area (Å²) >= 11 is 0. The van der Waals surface area contributed by atoms with E-state index in [1.165, 1.54) is 11.1 Å². The molecule has 2 rings (SSSR count). The van der Waals surface area contributed by atoms with E-state index in [0.717, 1.165) is 12.0 Å². The molecule has 0 radical (unpaired) electrons. The van der Waals surface area contributed by atoms with Gasteiger partial charge in [0, 0.05) is 0 Å². The lowest BCUT2D eigenvalue weighted by Gasteiger charge is -1.95. The normalized spacial score (nSPS) is 20.2. The van der Waals surface area contributed by atoms with Crippen LogP contribution in [0.15, 0.2) is 71.9 Å². The van der Waals surface area contributed by atoms with Gasteiger partial charge in [-0.2, -0.15) is 0 Å². The number of allylic oxidation sites excluding steroid dienone is 11. The van der Waals surface area contributed by atoms with Gasteiger partial charge >= 0.3 is 0 Å². The zero-order valence-electron chi connectivity index (χ0n) is 7.53. The van der Waals surface area contributed by atoms with Crippen LogP contribution in [0.3, 0.4) is 0 Å². The number of rotatable bonds is 2. The third kappa shape index (κ3) is 1.78. The van der Waals surface area contributed by atoms with Gasteiger partial charge in [-0.05, 0) is 23.1 Å². The first-order valence-electron chi connectivity index (χ1n) is 4.48. The average Bonchev–Trinajstić information content (AvgIpc) is 2.72. The van der Waals surface area contributed by atoms with Crippen molar-refractivity contribution in [1.29, 1.82) is 0 Å². The first-order valence-corrected chi connectivity index (χ1v) is 4.48. The second kappa shape index (κ2) is 3.44. The second-order valence-corrected chi connectivity index (χ2v) is 3.21. The smallest absolute Gasteiger partial charge is 0.00943 e. The Balaban J connectivity index is 2.02. The van der Waals surface area contributed by atoms with Gasteiger partial charge in [-0.3, -0.25) is 0 Å². The van der Waals surface area contributed by atoms with E-state index in [1.54, 1.807) is 0 Å². The van der Waals surface area contributed by atoms with Gasteiger partial charge in [0.05, 0.1) is 0 Å². The van der Waals surface area contributed by atoms with Crippen molar-refractivity contribution in [3.05, 3.63) is 71.9 Å². The minimum Gasteiger partial charge on any atom is -0.0912 e. The molecule has 0 nitrogen and oxygen atoms in total. The monoisotopic (exact) mass is 168 g/mol. The lowest BCUT2D eigenvalue weighted by atomic mass is 10.1. The van der Waals surface area contributed by atoms with Crippen LogP contribution >= 0.6 is 0 Å². The lowest BCUT2D eigenvalue weighted by molar-refractivity contribution is 1.33. The molecule has 0 atom stereocenters. The summed E-state index contributed by atoms with van der Waals surface area (Å²) in [5.41, 5.74) is 3.68. The van der Waals surface area contributed by atoms with Gasteiger partial charge in [-0.1, -0.05) is 55.2 Å². The third-order valence-electron chi connectivity index (χ3n) is 2.22. The summed E-state index contributed by atoms with van der Waals surface area (Å²) in [5, 5.41) is 0. The largest absolute Gasteiger partial charge is 0.0912 e. The van der Waals surface area contributed by atoms with E-state index in [1.807, 2.05) is 12.2 Å². The van der Waals surface area contributed by atoms with E-state index in [9.17, 15) is 0 Å². The van der Waals surface area contributed by atoms with Crippen LogP contribution in [0.5, 0.6) is 0 Å². The maximum Gasteiger partial charge on any atom is -0.00943 e. The highest BCUT2D eigenvalue weighted by Gasteiger charge is 2.00. The van der Waals surface area contributed by atoms with Crippen LogP contribution < -0.4 is 0 Å². The Morgan fingerprint density at radius 2 is 2.08 bits per heavy atom. The van der Waals surface area contributed by atoms with Gasteiger partial charge in [0.1, 0.15) is 0 Å². The Kier molecular flexibility index (Phi) is 2.13. The number of hydrogen-bond donors (Lipinski definition) is 0. The molecule has 0 aliphatic heterocycles. The third-order valence-corrected chi connectivity index (χ3v) is 2.22. The fraction of sp³-hybridized carbons (Fsp3) is 0.0769. The molecule has 0 spiro atoms. The summed E-state index contributed by atoms with van der Waals surface area (Å²) in [5.74, 6) is 0. The van der Waals surface area contributed by atoms with E-state index in [2.05, 4.69) is 43.0 Å². The van der Waals surface area contributed by atoms with Gasteiger partial charge in [-0.15, -0.1) is 0 Å². The molecular formula is C13H12. The second-order valence-electron chi connectivity index (χ2n) is 3.21. The molecule has 64 valence electrons. The van der Waals surface area contributed by atoms with E-state index in [0.29, 0.717) is 0 Å². The standard InChI is InChI=1S/C13H12/c1-11-5-4-8-13(11)10-9-12-6-2-3-7-12/h2-6,8-10H,1,7H2. The molecule has 0 saturated heterocycles. The average molecular weight is 168 g/mol. The van der Waals surface area contributed by atoms with Gasteiger partial charge in [0.15, 0.2) is 0 Å². The Hall–Kier alpha value is -1.56. The molecule has 13 heavy (non-hydrogen) atoms. The van der Waals surface area contributed by atoms with Crippen molar-refractivity contribution in [2.45, 2.75) is 6.42 Å². The van der Waals surface area contributed by atoms with Gasteiger partial charge in [0.2, 0.25) is 0 Å². The minimum absolute atomic E-state index is 1.06. The molecule has 2 aliphatic rings.